The molecule has 0 saturated carbocycles. The number of methoxy groups -OCH3 is 1. The minimum absolute atomic E-state index is 0.149. The van der Waals surface area contributed by atoms with Crippen molar-refractivity contribution in [3.8, 4) is 17.1 Å². The second-order valence-corrected chi connectivity index (χ2v) is 9.26. The quantitative estimate of drug-likeness (QED) is 0.450. The van der Waals surface area contributed by atoms with Gasteiger partial charge in [0.1, 0.15) is 5.75 Å². The summed E-state index contributed by atoms with van der Waals surface area (Å²) in [6, 6.07) is 21.8. The molecule has 0 unspecified atom stereocenters. The van der Waals surface area contributed by atoms with Crippen LogP contribution in [-0.4, -0.2) is 29.7 Å². The van der Waals surface area contributed by atoms with Gasteiger partial charge < -0.3 is 10.1 Å². The van der Waals surface area contributed by atoms with Gasteiger partial charge in [-0.15, -0.1) is 9.19 Å². The molecule has 0 bridgehead atoms. The molecule has 1 heterocycles. The van der Waals surface area contributed by atoms with E-state index < -0.39 is 10.0 Å². The van der Waals surface area contributed by atoms with Gasteiger partial charge in [-0.25, -0.2) is 0 Å². The predicted molar refractivity (Wildman–Crippen MR) is 124 cm³/mol. The van der Waals surface area contributed by atoms with E-state index in [2.05, 4.69) is 15.4 Å². The average molecular weight is 449 g/mol. The summed E-state index contributed by atoms with van der Waals surface area (Å²) in [5.41, 5.74) is 3.75. The highest BCUT2D eigenvalue weighted by Gasteiger charge is 2.24. The number of hydrogen-bond acceptors (Lipinski definition) is 6. The van der Waals surface area contributed by atoms with Gasteiger partial charge in [0.05, 0.1) is 12.0 Å². The Morgan fingerprint density at radius 3 is 2.06 bits per heavy atom. The second kappa shape index (κ2) is 8.84. The molecule has 1 aromatic heterocycles. The van der Waals surface area contributed by atoms with Gasteiger partial charge in [0.25, 0.3) is 10.0 Å². The summed E-state index contributed by atoms with van der Waals surface area (Å²) in [4.78, 5) is 4.65. The third-order valence-corrected chi connectivity index (χ3v) is 6.62. The SMILES string of the molecule is COc1ccc(CNc2nc(-c3ccc(C)cc3)nn2S(=O)(=O)c2ccc(C)cc2)cc1. The minimum Gasteiger partial charge on any atom is -0.497 e. The van der Waals surface area contributed by atoms with Crippen LogP contribution in [0.1, 0.15) is 16.7 Å². The number of hydrogen-bond donors (Lipinski definition) is 1. The van der Waals surface area contributed by atoms with Crippen LogP contribution in [0.2, 0.25) is 0 Å². The van der Waals surface area contributed by atoms with Crippen LogP contribution >= 0.6 is 0 Å². The van der Waals surface area contributed by atoms with E-state index in [1.54, 1.807) is 31.4 Å². The first kappa shape index (κ1) is 21.6. The molecule has 0 saturated heterocycles. The monoisotopic (exact) mass is 448 g/mol. The first-order chi connectivity index (χ1) is 15.4. The summed E-state index contributed by atoms with van der Waals surface area (Å²) >= 11 is 0. The van der Waals surface area contributed by atoms with Crippen molar-refractivity contribution in [1.29, 1.82) is 0 Å². The molecule has 8 heteroatoms. The number of nitrogens with zero attached hydrogens (tertiary/aromatic N) is 3. The van der Waals surface area contributed by atoms with Gasteiger partial charge in [0.2, 0.25) is 5.95 Å². The number of benzene rings is 3. The molecule has 0 spiro atoms. The molecule has 1 N–H and O–H groups in total. The van der Waals surface area contributed by atoms with Gasteiger partial charge in [0, 0.05) is 12.1 Å². The summed E-state index contributed by atoms with van der Waals surface area (Å²) in [6.07, 6.45) is 0. The Morgan fingerprint density at radius 2 is 1.47 bits per heavy atom. The Balaban J connectivity index is 1.72. The van der Waals surface area contributed by atoms with E-state index >= 15 is 0 Å². The van der Waals surface area contributed by atoms with Crippen molar-refractivity contribution in [2.45, 2.75) is 25.3 Å². The molecule has 0 aliphatic carbocycles. The molecule has 0 amide bonds. The number of aryl methyl sites for hydroxylation is 2. The number of ether oxygens (including phenoxy) is 1. The van der Waals surface area contributed by atoms with Crippen molar-refractivity contribution in [2.75, 3.05) is 12.4 Å². The minimum atomic E-state index is -3.94. The van der Waals surface area contributed by atoms with Gasteiger partial charge in [0.15, 0.2) is 5.82 Å². The molecule has 7 nitrogen and oxygen atoms in total. The zero-order valence-corrected chi connectivity index (χ0v) is 18.9. The van der Waals surface area contributed by atoms with Crippen molar-refractivity contribution in [3.05, 3.63) is 89.5 Å². The Hall–Kier alpha value is -3.65. The van der Waals surface area contributed by atoms with Crippen LogP contribution in [-0.2, 0) is 16.6 Å². The van der Waals surface area contributed by atoms with Crippen LogP contribution in [0.4, 0.5) is 5.95 Å². The van der Waals surface area contributed by atoms with Crippen molar-refractivity contribution >= 4 is 16.0 Å². The maximum Gasteiger partial charge on any atom is 0.286 e. The summed E-state index contributed by atoms with van der Waals surface area (Å²) < 4.78 is 32.9. The van der Waals surface area contributed by atoms with Crippen LogP contribution in [0.15, 0.2) is 77.7 Å². The maximum atomic E-state index is 13.4. The van der Waals surface area contributed by atoms with Gasteiger partial charge >= 0.3 is 0 Å². The Morgan fingerprint density at radius 1 is 0.875 bits per heavy atom. The van der Waals surface area contributed by atoms with Crippen molar-refractivity contribution in [3.63, 3.8) is 0 Å². The zero-order valence-electron chi connectivity index (χ0n) is 18.1. The molecule has 0 radical (unpaired) electrons. The first-order valence-corrected chi connectivity index (χ1v) is 11.5. The Labute approximate surface area is 187 Å². The summed E-state index contributed by atoms with van der Waals surface area (Å²) in [6.45, 7) is 4.27. The van der Waals surface area contributed by atoms with Gasteiger partial charge in [-0.1, -0.05) is 59.7 Å². The van der Waals surface area contributed by atoms with Crippen molar-refractivity contribution in [2.24, 2.45) is 0 Å². The summed E-state index contributed by atoms with van der Waals surface area (Å²) in [5.74, 6) is 1.23. The van der Waals surface area contributed by atoms with Crippen LogP contribution < -0.4 is 10.1 Å². The molecule has 4 aromatic rings. The van der Waals surface area contributed by atoms with E-state index in [4.69, 9.17) is 4.74 Å². The molecule has 4 rings (SSSR count). The van der Waals surface area contributed by atoms with Gasteiger partial charge in [-0.3, -0.25) is 0 Å². The molecule has 0 atom stereocenters. The molecule has 32 heavy (non-hydrogen) atoms. The molecule has 3 aromatic carbocycles. The molecule has 0 aliphatic rings. The standard InChI is InChI=1S/C24H24N4O3S/c1-17-4-10-20(11-5-17)23-26-24(25-16-19-8-12-21(31-3)13-9-19)28(27-23)32(29,30)22-14-6-18(2)7-15-22/h4-15H,16H2,1-3H3,(H,25,26,27). The van der Waals surface area contributed by atoms with Crippen LogP contribution in [0.5, 0.6) is 5.75 Å². The number of nitrogens with one attached hydrogen (secondary N) is 1. The van der Waals surface area contributed by atoms with E-state index in [-0.39, 0.29) is 10.8 Å². The lowest BCUT2D eigenvalue weighted by Gasteiger charge is -2.10. The van der Waals surface area contributed by atoms with Gasteiger partial charge in [-0.2, -0.15) is 13.4 Å². The normalized spacial score (nSPS) is 11.3. The molecular weight excluding hydrogens is 424 g/mol. The van der Waals surface area contributed by atoms with Gasteiger partial charge in [-0.05, 0) is 43.7 Å². The topological polar surface area (TPSA) is 86.1 Å². The van der Waals surface area contributed by atoms with E-state index in [1.165, 1.54) is 0 Å². The fourth-order valence-electron chi connectivity index (χ4n) is 3.13. The highest BCUT2D eigenvalue weighted by atomic mass is 32.2. The fourth-order valence-corrected chi connectivity index (χ4v) is 4.33. The smallest absolute Gasteiger partial charge is 0.286 e. The predicted octanol–water partition coefficient (Wildman–Crippen LogP) is 4.42. The lowest BCUT2D eigenvalue weighted by molar-refractivity contribution is 0.414. The van der Waals surface area contributed by atoms with Crippen LogP contribution in [0.3, 0.4) is 0 Å². The molecular formula is C24H24N4O3S. The lowest BCUT2D eigenvalue weighted by atomic mass is 10.1. The summed E-state index contributed by atoms with van der Waals surface area (Å²) in [7, 11) is -2.33. The van der Waals surface area contributed by atoms with E-state index in [1.807, 2.05) is 62.4 Å². The summed E-state index contributed by atoms with van der Waals surface area (Å²) in [5, 5.41) is 7.48. The zero-order chi connectivity index (χ0) is 22.7. The van der Waals surface area contributed by atoms with E-state index in [0.29, 0.717) is 12.4 Å². The average Bonchev–Trinajstić information content (AvgIpc) is 3.24. The molecule has 0 fully saturated rings. The number of anilines is 1. The third-order valence-electron chi connectivity index (χ3n) is 5.04. The maximum absolute atomic E-state index is 13.4. The fraction of sp³-hybridized carbons (Fsp3) is 0.167. The highest BCUT2D eigenvalue weighted by Crippen LogP contribution is 2.24. The van der Waals surface area contributed by atoms with Crippen molar-refractivity contribution < 1.29 is 13.2 Å². The van der Waals surface area contributed by atoms with E-state index in [0.717, 1.165) is 32.1 Å². The second-order valence-electron chi connectivity index (χ2n) is 7.49. The first-order valence-electron chi connectivity index (χ1n) is 10.1. The molecule has 164 valence electrons. The lowest BCUT2D eigenvalue weighted by Crippen LogP contribution is -2.18. The Kier molecular flexibility index (Phi) is 5.96. The van der Waals surface area contributed by atoms with Crippen LogP contribution in [0.25, 0.3) is 11.4 Å². The largest absolute Gasteiger partial charge is 0.497 e. The van der Waals surface area contributed by atoms with Crippen LogP contribution in [0, 0.1) is 13.8 Å². The Bertz CT molecular complexity index is 1310. The highest BCUT2D eigenvalue weighted by molar-refractivity contribution is 7.90. The van der Waals surface area contributed by atoms with E-state index in [9.17, 15) is 8.42 Å². The van der Waals surface area contributed by atoms with Crippen molar-refractivity contribution in [1.82, 2.24) is 14.2 Å². The molecule has 0 aliphatic heterocycles. The number of rotatable bonds is 7. The third kappa shape index (κ3) is 4.50. The number of aromatic nitrogens is 3.